The maximum absolute atomic E-state index is 12.5. The zero-order valence-corrected chi connectivity index (χ0v) is 11.8. The Kier molecular flexibility index (Phi) is 4.12. The molecule has 0 fully saturated rings. The minimum Gasteiger partial charge on any atom is -0.384 e. The molecule has 0 spiro atoms. The van der Waals surface area contributed by atoms with Gasteiger partial charge in [-0.15, -0.1) is 0 Å². The van der Waals surface area contributed by atoms with Gasteiger partial charge in [-0.05, 0) is 11.6 Å². The molecule has 0 bridgehead atoms. The smallest absolute Gasteiger partial charge is 0.384 e. The molecule has 2 aromatic rings. The van der Waals surface area contributed by atoms with E-state index in [1.54, 1.807) is 36.2 Å². The van der Waals surface area contributed by atoms with Gasteiger partial charge >= 0.3 is 6.18 Å². The van der Waals surface area contributed by atoms with Crippen molar-refractivity contribution < 1.29 is 13.2 Å². The second-order valence-electron chi connectivity index (χ2n) is 4.37. The van der Waals surface area contributed by atoms with Gasteiger partial charge in [-0.25, -0.2) is 0 Å². The molecule has 5 nitrogen and oxygen atoms in total. The Morgan fingerprint density at radius 3 is 2.71 bits per heavy atom. The minimum atomic E-state index is -4.54. The molecule has 1 heterocycles. The van der Waals surface area contributed by atoms with Crippen molar-refractivity contribution in [3.8, 4) is 0 Å². The fourth-order valence-electron chi connectivity index (χ4n) is 1.66. The monoisotopic (exact) mass is 315 g/mol. The van der Waals surface area contributed by atoms with Crippen LogP contribution in [-0.2, 0) is 12.7 Å². The number of anilines is 1. The van der Waals surface area contributed by atoms with Gasteiger partial charge in [0.1, 0.15) is 5.84 Å². The maximum atomic E-state index is 12.5. The Morgan fingerprint density at radius 1 is 1.43 bits per heavy atom. The molecule has 0 amide bonds. The molecule has 0 aliphatic rings. The van der Waals surface area contributed by atoms with E-state index in [4.69, 9.17) is 11.1 Å². The van der Waals surface area contributed by atoms with Crippen LogP contribution >= 0.6 is 11.5 Å². The third-order valence-corrected chi connectivity index (χ3v) is 3.48. The zero-order valence-electron chi connectivity index (χ0n) is 11.0. The lowest BCUT2D eigenvalue weighted by atomic mass is 10.1. The number of hydrogen-bond acceptors (Lipinski definition) is 5. The summed E-state index contributed by atoms with van der Waals surface area (Å²) in [5, 5.41) is 7.55. The summed E-state index contributed by atoms with van der Waals surface area (Å²) < 4.78 is 40.7. The predicted octanol–water partition coefficient (Wildman–Crippen LogP) is 2.48. The second kappa shape index (κ2) is 5.68. The number of halogens is 3. The van der Waals surface area contributed by atoms with Gasteiger partial charge in [-0.3, -0.25) is 5.41 Å². The SMILES string of the molecule is CN(Cc1cccc(C(=N)N)c1)c1nc(C(F)(F)F)ns1. The molecule has 0 atom stereocenters. The third-order valence-electron chi connectivity index (χ3n) is 2.65. The number of aromatic nitrogens is 2. The molecule has 0 aliphatic heterocycles. The van der Waals surface area contributed by atoms with E-state index in [0.29, 0.717) is 23.6 Å². The Morgan fingerprint density at radius 2 is 2.14 bits per heavy atom. The summed E-state index contributed by atoms with van der Waals surface area (Å²) >= 11 is 0.692. The van der Waals surface area contributed by atoms with E-state index < -0.39 is 12.0 Å². The van der Waals surface area contributed by atoms with Crippen LogP contribution in [0.4, 0.5) is 18.3 Å². The predicted molar refractivity (Wildman–Crippen MR) is 74.5 cm³/mol. The van der Waals surface area contributed by atoms with Crippen LogP contribution in [0.3, 0.4) is 0 Å². The van der Waals surface area contributed by atoms with Crippen LogP contribution in [0.5, 0.6) is 0 Å². The molecule has 0 saturated heterocycles. The number of alkyl halides is 3. The van der Waals surface area contributed by atoms with Gasteiger partial charge < -0.3 is 10.6 Å². The minimum absolute atomic E-state index is 0.0604. The van der Waals surface area contributed by atoms with Crippen molar-refractivity contribution in [2.75, 3.05) is 11.9 Å². The van der Waals surface area contributed by atoms with E-state index in [-0.39, 0.29) is 11.0 Å². The van der Waals surface area contributed by atoms with E-state index >= 15 is 0 Å². The number of hydrogen-bond donors (Lipinski definition) is 2. The first-order valence-electron chi connectivity index (χ1n) is 5.83. The standard InChI is InChI=1S/C12H12F3N5S/c1-20(11-18-10(19-21-11)12(13,14)15)6-7-3-2-4-8(5-7)9(16)17/h2-5H,6H2,1H3,(H3,16,17). The molecule has 3 N–H and O–H groups in total. The Balaban J connectivity index is 2.14. The van der Waals surface area contributed by atoms with E-state index in [9.17, 15) is 13.2 Å². The molecule has 1 aromatic heterocycles. The van der Waals surface area contributed by atoms with E-state index in [1.165, 1.54) is 0 Å². The molecule has 112 valence electrons. The third kappa shape index (κ3) is 3.69. The first-order valence-corrected chi connectivity index (χ1v) is 6.60. The van der Waals surface area contributed by atoms with Crippen LogP contribution < -0.4 is 10.6 Å². The summed E-state index contributed by atoms with van der Waals surface area (Å²) in [6.45, 7) is 0.341. The van der Waals surface area contributed by atoms with Crippen LogP contribution in [0.2, 0.25) is 0 Å². The highest BCUT2D eigenvalue weighted by atomic mass is 32.1. The topological polar surface area (TPSA) is 78.9 Å². The number of nitrogens with one attached hydrogen (secondary N) is 1. The first kappa shape index (κ1) is 15.2. The van der Waals surface area contributed by atoms with Crippen molar-refractivity contribution in [1.82, 2.24) is 9.36 Å². The van der Waals surface area contributed by atoms with E-state index in [0.717, 1.165) is 5.56 Å². The van der Waals surface area contributed by atoms with Gasteiger partial charge in [0, 0.05) is 30.7 Å². The van der Waals surface area contributed by atoms with Crippen molar-refractivity contribution in [2.45, 2.75) is 12.7 Å². The lowest BCUT2D eigenvalue weighted by molar-refractivity contribution is -0.144. The van der Waals surface area contributed by atoms with Gasteiger partial charge in [0.2, 0.25) is 11.0 Å². The fraction of sp³-hybridized carbons (Fsp3) is 0.250. The zero-order chi connectivity index (χ0) is 15.6. The molecule has 0 radical (unpaired) electrons. The average Bonchev–Trinajstić information content (AvgIpc) is 2.88. The molecular formula is C12H12F3N5S. The Hall–Kier alpha value is -2.16. The largest absolute Gasteiger partial charge is 0.452 e. The van der Waals surface area contributed by atoms with Crippen molar-refractivity contribution in [3.63, 3.8) is 0 Å². The average molecular weight is 315 g/mol. The number of nitrogens with zero attached hydrogens (tertiary/aromatic N) is 3. The van der Waals surface area contributed by atoms with Crippen LogP contribution in [-0.4, -0.2) is 22.2 Å². The molecule has 21 heavy (non-hydrogen) atoms. The van der Waals surface area contributed by atoms with Gasteiger partial charge in [0.05, 0.1) is 0 Å². The molecular weight excluding hydrogens is 303 g/mol. The Labute approximate surface area is 122 Å². The summed E-state index contributed by atoms with van der Waals surface area (Å²) in [6, 6.07) is 6.94. The molecule has 0 aliphatic carbocycles. The van der Waals surface area contributed by atoms with E-state index in [1.807, 2.05) is 0 Å². The number of benzene rings is 1. The van der Waals surface area contributed by atoms with Gasteiger partial charge in [0.15, 0.2) is 0 Å². The normalized spacial score (nSPS) is 11.4. The van der Waals surface area contributed by atoms with Crippen LogP contribution in [0.15, 0.2) is 24.3 Å². The summed E-state index contributed by atoms with van der Waals surface area (Å²) in [7, 11) is 1.63. The van der Waals surface area contributed by atoms with Gasteiger partial charge in [-0.1, -0.05) is 18.2 Å². The van der Waals surface area contributed by atoms with Crippen molar-refractivity contribution in [1.29, 1.82) is 5.41 Å². The highest BCUT2D eigenvalue weighted by molar-refractivity contribution is 7.09. The number of amidine groups is 1. The van der Waals surface area contributed by atoms with Gasteiger partial charge in [-0.2, -0.15) is 22.5 Å². The van der Waals surface area contributed by atoms with Crippen LogP contribution in [0.1, 0.15) is 17.0 Å². The Bertz CT molecular complexity index is 652. The summed E-state index contributed by atoms with van der Waals surface area (Å²) in [6.07, 6.45) is -4.54. The van der Waals surface area contributed by atoms with E-state index in [2.05, 4.69) is 9.36 Å². The van der Waals surface area contributed by atoms with Crippen molar-refractivity contribution in [3.05, 3.63) is 41.2 Å². The second-order valence-corrected chi connectivity index (χ2v) is 5.10. The quantitative estimate of drug-likeness (QED) is 0.671. The van der Waals surface area contributed by atoms with Crippen molar-refractivity contribution in [2.24, 2.45) is 5.73 Å². The highest BCUT2D eigenvalue weighted by Gasteiger charge is 2.36. The summed E-state index contributed by atoms with van der Waals surface area (Å²) in [4.78, 5) is 5.04. The van der Waals surface area contributed by atoms with Gasteiger partial charge in [0.25, 0.3) is 0 Å². The van der Waals surface area contributed by atoms with Crippen LogP contribution in [0.25, 0.3) is 0 Å². The lowest BCUT2D eigenvalue weighted by Crippen LogP contribution is -2.18. The fourth-order valence-corrected chi connectivity index (χ4v) is 2.31. The lowest BCUT2D eigenvalue weighted by Gasteiger charge is -2.15. The summed E-state index contributed by atoms with van der Waals surface area (Å²) in [5.41, 5.74) is 6.78. The van der Waals surface area contributed by atoms with Crippen molar-refractivity contribution >= 4 is 22.5 Å². The molecule has 9 heteroatoms. The molecule has 0 saturated carbocycles. The molecule has 0 unspecified atom stereocenters. The number of rotatable bonds is 4. The number of nitrogen functional groups attached to an aromatic ring is 1. The maximum Gasteiger partial charge on any atom is 0.452 e. The molecule has 1 aromatic carbocycles. The highest BCUT2D eigenvalue weighted by Crippen LogP contribution is 2.30. The van der Waals surface area contributed by atoms with Crippen LogP contribution in [0, 0.1) is 5.41 Å². The summed E-state index contributed by atoms with van der Waals surface area (Å²) in [5.74, 6) is -1.19. The molecule has 2 rings (SSSR count). The first-order chi connectivity index (χ1) is 9.77. The number of nitrogens with two attached hydrogens (primary N) is 1.